The SMILES string of the molecule is CCn1nccc1C(=O)NC(c1cn2nc(CC3C[C@H](C(F)(F)F)CNC3=O)c(C)cc2n1)C1CCC(F)(F)CC1. The first-order valence-electron chi connectivity index (χ1n) is 13.8. The molecule has 1 saturated heterocycles. The highest BCUT2D eigenvalue weighted by Gasteiger charge is 2.45. The van der Waals surface area contributed by atoms with Crippen LogP contribution in [0.15, 0.2) is 24.5 Å². The molecule has 222 valence electrons. The van der Waals surface area contributed by atoms with E-state index in [9.17, 15) is 31.5 Å². The van der Waals surface area contributed by atoms with Gasteiger partial charge in [-0.25, -0.2) is 18.3 Å². The van der Waals surface area contributed by atoms with Gasteiger partial charge in [0.2, 0.25) is 11.8 Å². The molecule has 0 bridgehead atoms. The van der Waals surface area contributed by atoms with Gasteiger partial charge in [0, 0.05) is 44.5 Å². The molecule has 1 saturated carbocycles. The van der Waals surface area contributed by atoms with E-state index < -0.39 is 48.3 Å². The molecule has 0 spiro atoms. The smallest absolute Gasteiger partial charge is 0.355 e. The number of imidazole rings is 1. The largest absolute Gasteiger partial charge is 0.393 e. The van der Waals surface area contributed by atoms with Crippen molar-refractivity contribution in [1.29, 1.82) is 0 Å². The summed E-state index contributed by atoms with van der Waals surface area (Å²) in [5.74, 6) is -6.41. The minimum atomic E-state index is -4.41. The van der Waals surface area contributed by atoms with Gasteiger partial charge in [0.25, 0.3) is 5.91 Å². The van der Waals surface area contributed by atoms with E-state index >= 15 is 0 Å². The van der Waals surface area contributed by atoms with Crippen molar-refractivity contribution in [2.45, 2.75) is 77.1 Å². The molecule has 5 rings (SSSR count). The van der Waals surface area contributed by atoms with E-state index in [4.69, 9.17) is 0 Å². The van der Waals surface area contributed by atoms with Crippen LogP contribution in [0.25, 0.3) is 5.65 Å². The molecule has 1 aliphatic heterocycles. The van der Waals surface area contributed by atoms with Gasteiger partial charge in [-0.05, 0) is 56.7 Å². The van der Waals surface area contributed by atoms with Gasteiger partial charge in [0.05, 0.1) is 29.5 Å². The highest BCUT2D eigenvalue weighted by atomic mass is 19.4. The standard InChI is InChI=1S/C27H32F5N7O2/c1-3-38-21(6-9-34-38)25(41)36-23(16-4-7-26(28,29)8-5-16)20-14-39-22(35-20)10-15(2)19(37-39)12-17-11-18(27(30,31)32)13-33-24(17)40/h6,9-10,14,16-18,23H,3-5,7-8,11-13H2,1-2H3,(H,33,40)(H,36,41)/t17?,18-,23?/m0/s1. The van der Waals surface area contributed by atoms with Crippen LogP contribution in [0.2, 0.25) is 0 Å². The average Bonchev–Trinajstić information content (AvgIpc) is 3.55. The van der Waals surface area contributed by atoms with Crippen LogP contribution >= 0.6 is 0 Å². The number of amides is 2. The third-order valence-electron chi connectivity index (χ3n) is 8.21. The third kappa shape index (κ3) is 6.20. The van der Waals surface area contributed by atoms with Crippen LogP contribution in [0.1, 0.15) is 72.5 Å². The van der Waals surface area contributed by atoms with Crippen LogP contribution < -0.4 is 10.6 Å². The summed E-state index contributed by atoms with van der Waals surface area (Å²) in [6.07, 6.45) is -1.81. The van der Waals surface area contributed by atoms with Gasteiger partial charge >= 0.3 is 6.18 Å². The topological polar surface area (TPSA) is 106 Å². The number of halogens is 5. The van der Waals surface area contributed by atoms with Gasteiger partial charge in [-0.2, -0.15) is 23.4 Å². The van der Waals surface area contributed by atoms with Crippen LogP contribution in [0.3, 0.4) is 0 Å². The second-order valence-electron chi connectivity index (χ2n) is 11.0. The zero-order chi connectivity index (χ0) is 29.5. The lowest BCUT2D eigenvalue weighted by Crippen LogP contribution is -2.47. The van der Waals surface area contributed by atoms with Gasteiger partial charge in [-0.1, -0.05) is 0 Å². The van der Waals surface area contributed by atoms with Crippen LogP contribution in [-0.4, -0.2) is 54.8 Å². The highest BCUT2D eigenvalue weighted by Crippen LogP contribution is 2.41. The number of nitrogens with zero attached hydrogens (tertiary/aromatic N) is 5. The predicted molar refractivity (Wildman–Crippen MR) is 137 cm³/mol. The van der Waals surface area contributed by atoms with E-state index in [-0.39, 0.29) is 44.4 Å². The number of piperidine rings is 1. The first kappa shape index (κ1) is 28.9. The number of hydrogen-bond donors (Lipinski definition) is 2. The summed E-state index contributed by atoms with van der Waals surface area (Å²) in [5.41, 5.74) is 2.31. The van der Waals surface area contributed by atoms with Gasteiger partial charge in [-0.3, -0.25) is 14.3 Å². The van der Waals surface area contributed by atoms with Crippen molar-refractivity contribution in [3.8, 4) is 0 Å². The first-order valence-corrected chi connectivity index (χ1v) is 13.8. The van der Waals surface area contributed by atoms with E-state index in [2.05, 4.69) is 25.8 Å². The van der Waals surface area contributed by atoms with Crippen molar-refractivity contribution in [3.63, 3.8) is 0 Å². The van der Waals surface area contributed by atoms with Crippen molar-refractivity contribution >= 4 is 17.5 Å². The fourth-order valence-corrected chi connectivity index (χ4v) is 5.80. The number of nitrogens with one attached hydrogen (secondary N) is 2. The highest BCUT2D eigenvalue weighted by molar-refractivity contribution is 5.92. The molecule has 3 aromatic rings. The van der Waals surface area contributed by atoms with Gasteiger partial charge in [0.1, 0.15) is 5.69 Å². The second kappa shape index (κ2) is 11.0. The number of fused-ring (bicyclic) bond motifs is 1. The van der Waals surface area contributed by atoms with Crippen molar-refractivity contribution in [2.24, 2.45) is 17.8 Å². The van der Waals surface area contributed by atoms with Crippen molar-refractivity contribution in [3.05, 3.63) is 47.2 Å². The molecule has 1 aliphatic carbocycles. The van der Waals surface area contributed by atoms with E-state index in [0.29, 0.717) is 34.8 Å². The molecule has 9 nitrogen and oxygen atoms in total. The summed E-state index contributed by atoms with van der Waals surface area (Å²) in [5, 5.41) is 14.0. The molecule has 0 aromatic carbocycles. The zero-order valence-electron chi connectivity index (χ0n) is 22.7. The van der Waals surface area contributed by atoms with E-state index in [1.165, 1.54) is 15.4 Å². The molecule has 2 unspecified atom stereocenters. The Hall–Kier alpha value is -3.58. The summed E-state index contributed by atoms with van der Waals surface area (Å²) in [7, 11) is 0. The number of alkyl halides is 5. The van der Waals surface area contributed by atoms with Crippen molar-refractivity contribution in [1.82, 2.24) is 35.0 Å². The maximum absolute atomic E-state index is 14.0. The molecule has 41 heavy (non-hydrogen) atoms. The second-order valence-corrected chi connectivity index (χ2v) is 11.0. The van der Waals surface area contributed by atoms with E-state index in [1.807, 2.05) is 6.92 Å². The molecule has 4 heterocycles. The molecule has 2 aliphatic rings. The Kier molecular flexibility index (Phi) is 7.77. The maximum Gasteiger partial charge on any atom is 0.393 e. The molecule has 2 N–H and O–H groups in total. The maximum atomic E-state index is 14.0. The average molecular weight is 582 g/mol. The summed E-state index contributed by atoms with van der Waals surface area (Å²) in [4.78, 5) is 30.3. The van der Waals surface area contributed by atoms with Gasteiger partial charge < -0.3 is 10.6 Å². The molecular formula is C27H32F5N7O2. The summed E-state index contributed by atoms with van der Waals surface area (Å²) in [6.45, 7) is 3.62. The first-order chi connectivity index (χ1) is 19.3. The molecular weight excluding hydrogens is 549 g/mol. The van der Waals surface area contributed by atoms with Gasteiger partial charge in [-0.15, -0.1) is 0 Å². The molecule has 2 amide bonds. The number of aromatic nitrogens is 5. The Morgan fingerprint density at radius 1 is 1.27 bits per heavy atom. The fourth-order valence-electron chi connectivity index (χ4n) is 5.80. The normalized spacial score (nSPS) is 22.5. The summed E-state index contributed by atoms with van der Waals surface area (Å²) < 4.78 is 70.9. The van der Waals surface area contributed by atoms with Crippen molar-refractivity contribution < 1.29 is 31.5 Å². The Labute approximate surface area is 232 Å². The Bertz CT molecular complexity index is 1420. The molecule has 3 aromatic heterocycles. The molecule has 0 radical (unpaired) electrons. The lowest BCUT2D eigenvalue weighted by atomic mass is 9.81. The number of hydrogen-bond acceptors (Lipinski definition) is 5. The minimum absolute atomic E-state index is 0.0204. The number of rotatable bonds is 7. The van der Waals surface area contributed by atoms with Crippen molar-refractivity contribution in [2.75, 3.05) is 6.54 Å². The van der Waals surface area contributed by atoms with E-state index in [0.717, 1.165) is 0 Å². The monoisotopic (exact) mass is 581 g/mol. The third-order valence-corrected chi connectivity index (χ3v) is 8.21. The Balaban J connectivity index is 1.43. The van der Waals surface area contributed by atoms with Crippen LogP contribution in [0.5, 0.6) is 0 Å². The Morgan fingerprint density at radius 3 is 2.68 bits per heavy atom. The zero-order valence-corrected chi connectivity index (χ0v) is 22.7. The fraction of sp³-hybridized carbons (Fsp3) is 0.593. The van der Waals surface area contributed by atoms with Crippen LogP contribution in [-0.2, 0) is 17.8 Å². The molecule has 3 atom stereocenters. The molecule has 2 fully saturated rings. The van der Waals surface area contributed by atoms with E-state index in [1.54, 1.807) is 25.3 Å². The minimum Gasteiger partial charge on any atom is -0.355 e. The predicted octanol–water partition coefficient (Wildman–Crippen LogP) is 4.41. The Morgan fingerprint density at radius 2 is 2.00 bits per heavy atom. The quantitative estimate of drug-likeness (QED) is 0.403. The van der Waals surface area contributed by atoms with Crippen LogP contribution in [0.4, 0.5) is 22.0 Å². The lowest BCUT2D eigenvalue weighted by Gasteiger charge is -2.33. The summed E-state index contributed by atoms with van der Waals surface area (Å²) in [6, 6.07) is 2.62. The van der Waals surface area contributed by atoms with Crippen LogP contribution in [0, 0.1) is 24.7 Å². The summed E-state index contributed by atoms with van der Waals surface area (Å²) >= 11 is 0. The lowest BCUT2D eigenvalue weighted by molar-refractivity contribution is -0.183. The van der Waals surface area contributed by atoms with Gasteiger partial charge in [0.15, 0.2) is 5.65 Å². The number of carbonyl (C=O) groups is 2. The molecule has 14 heteroatoms. The number of aryl methyl sites for hydroxylation is 2. The number of carbonyl (C=O) groups excluding carboxylic acids is 2.